The smallest absolute Gasteiger partial charge is 0.269 e. The minimum Gasteiger partial charge on any atom is -0.349 e. The van der Waals surface area contributed by atoms with Gasteiger partial charge in [0.2, 0.25) is 0 Å². The number of non-ortho nitro benzene ring substituents is 1. The highest BCUT2D eigenvalue weighted by Gasteiger charge is 2.45. The normalized spacial score (nSPS) is 29.9. The number of benzene rings is 1. The molecule has 2 unspecified atom stereocenters. The summed E-state index contributed by atoms with van der Waals surface area (Å²) < 4.78 is 0. The molecule has 0 spiro atoms. The number of rotatable bonds is 4. The third-order valence-electron chi connectivity index (χ3n) is 5.68. The lowest BCUT2D eigenvalue weighted by atomic mass is 9.81. The Labute approximate surface area is 141 Å². The summed E-state index contributed by atoms with van der Waals surface area (Å²) in [4.78, 5) is 25.4. The van der Waals surface area contributed by atoms with E-state index in [4.69, 9.17) is 0 Å². The van der Waals surface area contributed by atoms with Gasteiger partial charge in [-0.15, -0.1) is 0 Å². The largest absolute Gasteiger partial charge is 0.349 e. The zero-order valence-electron chi connectivity index (χ0n) is 13.7. The van der Waals surface area contributed by atoms with E-state index in [0.29, 0.717) is 17.6 Å². The van der Waals surface area contributed by atoms with Crippen molar-refractivity contribution in [3.8, 4) is 0 Å². The molecule has 1 aromatic carbocycles. The highest BCUT2D eigenvalue weighted by atomic mass is 16.6. The van der Waals surface area contributed by atoms with Crippen molar-refractivity contribution in [2.75, 3.05) is 0 Å². The Morgan fingerprint density at radius 2 is 1.67 bits per heavy atom. The molecule has 4 rings (SSSR count). The van der Waals surface area contributed by atoms with E-state index in [1.807, 2.05) is 0 Å². The topological polar surface area (TPSA) is 75.5 Å². The van der Waals surface area contributed by atoms with Gasteiger partial charge in [-0.3, -0.25) is 19.8 Å². The molecule has 3 aliphatic rings. The molecule has 24 heavy (non-hydrogen) atoms. The van der Waals surface area contributed by atoms with Gasteiger partial charge in [0.05, 0.1) is 4.92 Å². The number of piperidine rings is 2. The number of nitro groups is 1. The van der Waals surface area contributed by atoms with Crippen molar-refractivity contribution in [1.29, 1.82) is 0 Å². The van der Waals surface area contributed by atoms with Gasteiger partial charge >= 0.3 is 0 Å². The minimum atomic E-state index is -0.448. The second-order valence-electron chi connectivity index (χ2n) is 7.36. The second kappa shape index (κ2) is 6.16. The van der Waals surface area contributed by atoms with E-state index in [0.717, 1.165) is 18.9 Å². The van der Waals surface area contributed by atoms with Gasteiger partial charge in [-0.2, -0.15) is 0 Å². The first-order valence-corrected chi connectivity index (χ1v) is 8.94. The van der Waals surface area contributed by atoms with E-state index in [2.05, 4.69) is 10.2 Å². The van der Waals surface area contributed by atoms with Gasteiger partial charge in [0.25, 0.3) is 11.6 Å². The maximum absolute atomic E-state index is 12.4. The molecule has 1 aliphatic carbocycles. The Bertz CT molecular complexity index is 627. The fraction of sp³-hybridized carbons (Fsp3) is 0.611. The fourth-order valence-corrected chi connectivity index (χ4v) is 4.51. The maximum atomic E-state index is 12.4. The highest BCUT2D eigenvalue weighted by Crippen LogP contribution is 2.41. The Balaban J connectivity index is 1.40. The minimum absolute atomic E-state index is 0.0128. The predicted octanol–water partition coefficient (Wildman–Crippen LogP) is 2.87. The quantitative estimate of drug-likeness (QED) is 0.681. The number of nitro benzene ring substituents is 1. The number of fused-ring (bicyclic) bond motifs is 2. The number of hydrogen-bond donors (Lipinski definition) is 1. The summed E-state index contributed by atoms with van der Waals surface area (Å²) in [6.45, 7) is 0. The molecule has 2 heterocycles. The van der Waals surface area contributed by atoms with Crippen molar-refractivity contribution in [3.05, 3.63) is 39.9 Å². The second-order valence-corrected chi connectivity index (χ2v) is 7.36. The lowest BCUT2D eigenvalue weighted by molar-refractivity contribution is -0.384. The third kappa shape index (κ3) is 3.02. The Morgan fingerprint density at radius 1 is 1.04 bits per heavy atom. The zero-order chi connectivity index (χ0) is 16.7. The predicted molar refractivity (Wildman–Crippen MR) is 89.9 cm³/mol. The zero-order valence-corrected chi connectivity index (χ0v) is 13.7. The van der Waals surface area contributed by atoms with Gasteiger partial charge in [-0.1, -0.05) is 6.42 Å². The molecule has 2 aliphatic heterocycles. The van der Waals surface area contributed by atoms with Gasteiger partial charge in [0.1, 0.15) is 0 Å². The molecule has 6 heteroatoms. The van der Waals surface area contributed by atoms with Gasteiger partial charge in [0.15, 0.2) is 0 Å². The van der Waals surface area contributed by atoms with Crippen LogP contribution in [0.15, 0.2) is 24.3 Å². The summed E-state index contributed by atoms with van der Waals surface area (Å²) in [5, 5.41) is 13.9. The van der Waals surface area contributed by atoms with Crippen LogP contribution in [0.5, 0.6) is 0 Å². The van der Waals surface area contributed by atoms with Gasteiger partial charge in [-0.05, 0) is 50.7 Å². The number of amides is 1. The summed E-state index contributed by atoms with van der Waals surface area (Å²) in [6.07, 6.45) is 8.55. The first-order chi connectivity index (χ1) is 11.6. The lowest BCUT2D eigenvalue weighted by Gasteiger charge is -2.49. The van der Waals surface area contributed by atoms with Crippen LogP contribution in [-0.2, 0) is 0 Å². The van der Waals surface area contributed by atoms with Crippen LogP contribution in [0.25, 0.3) is 0 Å². The average Bonchev–Trinajstić information content (AvgIpc) is 3.39. The molecule has 2 saturated heterocycles. The van der Waals surface area contributed by atoms with Crippen LogP contribution in [0.3, 0.4) is 0 Å². The standard InChI is InChI=1S/C18H23N3O3/c22-18(12-4-6-15(7-5-12)21(23)24)19-13-10-16-2-1-3-17(11-13)20(16)14-8-9-14/h4-7,13-14,16-17H,1-3,8-11H2,(H,19,22). The van der Waals surface area contributed by atoms with Crippen LogP contribution in [0.1, 0.15) is 55.3 Å². The molecule has 0 aromatic heterocycles. The monoisotopic (exact) mass is 329 g/mol. The van der Waals surface area contributed by atoms with Crippen LogP contribution >= 0.6 is 0 Å². The van der Waals surface area contributed by atoms with Gasteiger partial charge < -0.3 is 5.32 Å². The first-order valence-electron chi connectivity index (χ1n) is 8.94. The molecule has 1 N–H and O–H groups in total. The van der Waals surface area contributed by atoms with Crippen molar-refractivity contribution in [2.24, 2.45) is 0 Å². The van der Waals surface area contributed by atoms with Gasteiger partial charge in [0, 0.05) is 41.9 Å². The van der Waals surface area contributed by atoms with Crippen LogP contribution in [0, 0.1) is 10.1 Å². The molecule has 0 radical (unpaired) electrons. The molecule has 1 amide bonds. The van der Waals surface area contributed by atoms with Crippen molar-refractivity contribution < 1.29 is 9.72 Å². The van der Waals surface area contributed by atoms with E-state index in [1.165, 1.54) is 56.4 Å². The number of carbonyl (C=O) groups excluding carboxylic acids is 1. The SMILES string of the molecule is O=C(NC1CC2CCCC(C1)N2C1CC1)c1ccc([N+](=O)[O-])cc1. The Kier molecular flexibility index (Phi) is 4.00. The maximum Gasteiger partial charge on any atom is 0.269 e. The Hall–Kier alpha value is -1.95. The van der Waals surface area contributed by atoms with Crippen LogP contribution in [0.4, 0.5) is 5.69 Å². The molecule has 2 atom stereocenters. The van der Waals surface area contributed by atoms with E-state index in [1.54, 1.807) is 0 Å². The Morgan fingerprint density at radius 3 is 2.21 bits per heavy atom. The molecule has 3 fully saturated rings. The highest BCUT2D eigenvalue weighted by molar-refractivity contribution is 5.94. The number of hydrogen-bond acceptors (Lipinski definition) is 4. The first kappa shape index (κ1) is 15.6. The van der Waals surface area contributed by atoms with E-state index in [9.17, 15) is 14.9 Å². The van der Waals surface area contributed by atoms with Crippen LogP contribution in [0.2, 0.25) is 0 Å². The van der Waals surface area contributed by atoms with Crippen molar-refractivity contribution in [1.82, 2.24) is 10.2 Å². The number of carbonyl (C=O) groups is 1. The van der Waals surface area contributed by atoms with Crippen molar-refractivity contribution in [2.45, 2.75) is 69.1 Å². The van der Waals surface area contributed by atoms with Crippen LogP contribution in [-0.4, -0.2) is 39.9 Å². The third-order valence-corrected chi connectivity index (χ3v) is 5.68. The summed E-state index contributed by atoms with van der Waals surface area (Å²) in [5.74, 6) is -0.118. The summed E-state index contributed by atoms with van der Waals surface area (Å²) in [7, 11) is 0. The van der Waals surface area contributed by atoms with Gasteiger partial charge in [-0.25, -0.2) is 0 Å². The number of nitrogens with one attached hydrogen (secondary N) is 1. The van der Waals surface area contributed by atoms with E-state index < -0.39 is 4.92 Å². The van der Waals surface area contributed by atoms with Crippen molar-refractivity contribution in [3.63, 3.8) is 0 Å². The molecular formula is C18H23N3O3. The summed E-state index contributed by atoms with van der Waals surface area (Å²) in [6, 6.07) is 8.10. The summed E-state index contributed by atoms with van der Waals surface area (Å²) in [5.41, 5.74) is 0.509. The molecule has 6 nitrogen and oxygen atoms in total. The number of nitrogens with zero attached hydrogens (tertiary/aromatic N) is 2. The van der Waals surface area contributed by atoms with Crippen LogP contribution < -0.4 is 5.32 Å². The average molecular weight is 329 g/mol. The molecule has 128 valence electrons. The van der Waals surface area contributed by atoms with E-state index in [-0.39, 0.29) is 17.6 Å². The molecule has 1 aromatic rings. The molecular weight excluding hydrogens is 306 g/mol. The fourth-order valence-electron chi connectivity index (χ4n) is 4.51. The molecule has 2 bridgehead atoms. The van der Waals surface area contributed by atoms with E-state index >= 15 is 0 Å². The lowest BCUT2D eigenvalue weighted by Crippen LogP contribution is -2.57. The molecule has 1 saturated carbocycles. The van der Waals surface area contributed by atoms with Crippen molar-refractivity contribution >= 4 is 11.6 Å². The summed E-state index contributed by atoms with van der Waals surface area (Å²) >= 11 is 0.